The monoisotopic (exact) mass is 558 g/mol. The first kappa shape index (κ1) is 22.7. The van der Waals surface area contributed by atoms with Crippen molar-refractivity contribution in [1.82, 2.24) is 5.32 Å². The van der Waals surface area contributed by atoms with Gasteiger partial charge in [0.2, 0.25) is 0 Å². The van der Waals surface area contributed by atoms with Crippen molar-refractivity contribution >= 4 is 61.3 Å². The predicted octanol–water partition coefficient (Wildman–Crippen LogP) is 7.53. The van der Waals surface area contributed by atoms with Crippen molar-refractivity contribution in [3.05, 3.63) is 103 Å². The SMILES string of the molecule is Cc1ccc(C(=O)NC(C#N)=C(Sc2ccc(Br)cc2)Sc2ccc(Br)cc2)cc1. The number of halogens is 2. The van der Waals surface area contributed by atoms with Crippen molar-refractivity contribution in [1.29, 1.82) is 5.26 Å². The lowest BCUT2D eigenvalue weighted by Crippen LogP contribution is -2.22. The van der Waals surface area contributed by atoms with E-state index in [2.05, 4.69) is 43.2 Å². The second kappa shape index (κ2) is 10.9. The molecule has 0 aliphatic heterocycles. The van der Waals surface area contributed by atoms with Crippen molar-refractivity contribution in [2.45, 2.75) is 16.7 Å². The molecule has 0 saturated carbocycles. The second-order valence-electron chi connectivity index (χ2n) is 6.21. The van der Waals surface area contributed by atoms with E-state index in [1.54, 1.807) is 12.1 Å². The lowest BCUT2D eigenvalue weighted by Gasteiger charge is -2.12. The van der Waals surface area contributed by atoms with Crippen LogP contribution in [0.3, 0.4) is 0 Å². The van der Waals surface area contributed by atoms with Gasteiger partial charge in [-0.25, -0.2) is 0 Å². The van der Waals surface area contributed by atoms with Gasteiger partial charge in [-0.05, 0) is 67.6 Å². The quantitative estimate of drug-likeness (QED) is 0.250. The molecule has 0 aromatic heterocycles. The molecule has 1 N–H and O–H groups in total. The van der Waals surface area contributed by atoms with E-state index in [1.165, 1.54) is 23.5 Å². The van der Waals surface area contributed by atoms with Gasteiger partial charge in [0.05, 0.1) is 4.24 Å². The van der Waals surface area contributed by atoms with Crippen molar-refractivity contribution in [3.8, 4) is 6.07 Å². The van der Waals surface area contributed by atoms with Crippen molar-refractivity contribution < 1.29 is 4.79 Å². The lowest BCUT2D eigenvalue weighted by molar-refractivity contribution is 0.0967. The first-order valence-corrected chi connectivity index (χ1v) is 12.1. The Morgan fingerprint density at radius 2 is 1.30 bits per heavy atom. The molecule has 30 heavy (non-hydrogen) atoms. The van der Waals surface area contributed by atoms with Crippen LogP contribution in [0.25, 0.3) is 0 Å². The molecule has 3 aromatic carbocycles. The molecule has 0 fully saturated rings. The van der Waals surface area contributed by atoms with Gasteiger partial charge in [0.25, 0.3) is 5.91 Å². The molecule has 3 rings (SSSR count). The molecule has 0 radical (unpaired) electrons. The number of nitrogens with one attached hydrogen (secondary N) is 1. The molecule has 0 bridgehead atoms. The molecule has 0 spiro atoms. The van der Waals surface area contributed by atoms with Crippen molar-refractivity contribution in [2.24, 2.45) is 0 Å². The minimum atomic E-state index is -0.308. The van der Waals surface area contributed by atoms with Gasteiger partial charge in [-0.15, -0.1) is 0 Å². The Hall–Kier alpha value is -1.98. The van der Waals surface area contributed by atoms with Gasteiger partial charge in [-0.2, -0.15) is 5.26 Å². The van der Waals surface area contributed by atoms with Crippen LogP contribution in [0, 0.1) is 18.3 Å². The van der Waals surface area contributed by atoms with Crippen LogP contribution < -0.4 is 5.32 Å². The van der Waals surface area contributed by atoms with Crippen LogP contribution in [-0.4, -0.2) is 5.91 Å². The van der Waals surface area contributed by atoms with E-state index >= 15 is 0 Å². The van der Waals surface area contributed by atoms with Gasteiger partial charge in [-0.1, -0.05) is 73.1 Å². The van der Waals surface area contributed by atoms with Crippen LogP contribution in [0.2, 0.25) is 0 Å². The van der Waals surface area contributed by atoms with Gasteiger partial charge < -0.3 is 5.32 Å². The largest absolute Gasteiger partial charge is 0.312 e. The van der Waals surface area contributed by atoms with Crippen LogP contribution in [-0.2, 0) is 0 Å². The summed E-state index contributed by atoms with van der Waals surface area (Å²) in [5.74, 6) is -0.308. The molecule has 1 amide bonds. The van der Waals surface area contributed by atoms with Gasteiger partial charge >= 0.3 is 0 Å². The lowest BCUT2D eigenvalue weighted by atomic mass is 10.1. The number of amides is 1. The van der Waals surface area contributed by atoms with Gasteiger partial charge in [0, 0.05) is 24.3 Å². The van der Waals surface area contributed by atoms with E-state index in [4.69, 9.17) is 0 Å². The molecular weight excluding hydrogens is 544 g/mol. The molecule has 0 aliphatic rings. The second-order valence-corrected chi connectivity index (χ2v) is 10.5. The molecule has 0 saturated heterocycles. The fourth-order valence-corrected chi connectivity index (χ4v) is 5.00. The molecule has 3 nitrogen and oxygen atoms in total. The Morgan fingerprint density at radius 3 is 1.73 bits per heavy atom. The summed E-state index contributed by atoms with van der Waals surface area (Å²) in [6, 6.07) is 25.1. The maximum Gasteiger partial charge on any atom is 0.256 e. The van der Waals surface area contributed by atoms with Gasteiger partial charge in [0.15, 0.2) is 0 Å². The number of nitriles is 1. The van der Waals surface area contributed by atoms with Crippen LogP contribution in [0.15, 0.2) is 101 Å². The molecule has 3 aromatic rings. The predicted molar refractivity (Wildman–Crippen MR) is 131 cm³/mol. The fraction of sp³-hybridized carbons (Fsp3) is 0.0435. The fourth-order valence-electron chi connectivity index (χ4n) is 2.36. The minimum Gasteiger partial charge on any atom is -0.312 e. The first-order chi connectivity index (χ1) is 14.4. The Morgan fingerprint density at radius 1 is 0.833 bits per heavy atom. The number of thioether (sulfide) groups is 2. The van der Waals surface area contributed by atoms with Crippen molar-refractivity contribution in [2.75, 3.05) is 0 Å². The maximum absolute atomic E-state index is 12.7. The third kappa shape index (κ3) is 6.51. The summed E-state index contributed by atoms with van der Waals surface area (Å²) in [7, 11) is 0. The summed E-state index contributed by atoms with van der Waals surface area (Å²) in [6.07, 6.45) is 0. The summed E-state index contributed by atoms with van der Waals surface area (Å²) < 4.78 is 2.65. The highest BCUT2D eigenvalue weighted by atomic mass is 79.9. The molecule has 0 atom stereocenters. The average Bonchev–Trinajstić information content (AvgIpc) is 2.75. The Bertz CT molecular complexity index is 1050. The summed E-state index contributed by atoms with van der Waals surface area (Å²) in [5, 5.41) is 12.6. The highest BCUT2D eigenvalue weighted by Crippen LogP contribution is 2.41. The average molecular weight is 560 g/mol. The number of nitrogens with zero attached hydrogens (tertiary/aromatic N) is 1. The molecular formula is C23H16Br2N2OS2. The standard InChI is InChI=1S/C23H16Br2N2OS2/c1-15-2-4-16(5-3-15)22(28)27-21(14-26)23(29-19-10-6-17(24)7-11-19)30-20-12-8-18(25)9-13-20/h2-13H,1H3,(H,27,28). The van der Waals surface area contributed by atoms with Crippen LogP contribution >= 0.6 is 55.4 Å². The normalized spacial score (nSPS) is 10.2. The number of allylic oxidation sites excluding steroid dienone is 1. The zero-order valence-corrected chi connectivity index (χ0v) is 20.7. The molecule has 0 unspecified atom stereocenters. The Kier molecular flexibility index (Phi) is 8.23. The van der Waals surface area contributed by atoms with E-state index in [0.29, 0.717) is 9.80 Å². The number of rotatable bonds is 6. The van der Waals surface area contributed by atoms with E-state index in [-0.39, 0.29) is 11.6 Å². The Balaban J connectivity index is 1.92. The third-order valence-electron chi connectivity index (χ3n) is 3.92. The van der Waals surface area contributed by atoms with Crippen molar-refractivity contribution in [3.63, 3.8) is 0 Å². The van der Waals surface area contributed by atoms with Gasteiger partial charge in [0.1, 0.15) is 11.8 Å². The summed E-state index contributed by atoms with van der Waals surface area (Å²) in [4.78, 5) is 14.6. The van der Waals surface area contributed by atoms with Crippen LogP contribution in [0.1, 0.15) is 15.9 Å². The number of hydrogen-bond donors (Lipinski definition) is 1. The highest BCUT2D eigenvalue weighted by molar-refractivity contribution is 9.10. The third-order valence-corrected chi connectivity index (χ3v) is 7.27. The molecule has 150 valence electrons. The van der Waals surface area contributed by atoms with Crippen LogP contribution in [0.4, 0.5) is 0 Å². The van der Waals surface area contributed by atoms with E-state index < -0.39 is 0 Å². The maximum atomic E-state index is 12.7. The summed E-state index contributed by atoms with van der Waals surface area (Å²) >= 11 is 9.76. The molecule has 7 heteroatoms. The van der Waals surface area contributed by atoms with E-state index in [1.807, 2.05) is 67.6 Å². The summed E-state index contributed by atoms with van der Waals surface area (Å²) in [5.41, 5.74) is 1.80. The molecule has 0 heterocycles. The zero-order valence-electron chi connectivity index (χ0n) is 15.9. The zero-order chi connectivity index (χ0) is 21.5. The summed E-state index contributed by atoms with van der Waals surface area (Å²) in [6.45, 7) is 1.96. The highest BCUT2D eigenvalue weighted by Gasteiger charge is 2.15. The number of hydrogen-bond acceptors (Lipinski definition) is 4. The topological polar surface area (TPSA) is 52.9 Å². The minimum absolute atomic E-state index is 0.224. The number of benzene rings is 3. The number of carbonyl (C=O) groups excluding carboxylic acids is 1. The smallest absolute Gasteiger partial charge is 0.256 e. The first-order valence-electron chi connectivity index (χ1n) is 8.84. The molecule has 0 aliphatic carbocycles. The van der Waals surface area contributed by atoms with E-state index in [0.717, 1.165) is 24.3 Å². The van der Waals surface area contributed by atoms with Gasteiger partial charge in [-0.3, -0.25) is 4.79 Å². The van der Waals surface area contributed by atoms with E-state index in [9.17, 15) is 10.1 Å². The van der Waals surface area contributed by atoms with Crippen LogP contribution in [0.5, 0.6) is 0 Å². The number of aryl methyl sites for hydroxylation is 1. The number of carbonyl (C=O) groups is 1. The Labute approximate surface area is 201 Å².